The Morgan fingerprint density at radius 3 is 2.42 bits per heavy atom. The summed E-state index contributed by atoms with van der Waals surface area (Å²) in [5.74, 6) is 0.179. The molecule has 0 saturated carbocycles. The van der Waals surface area contributed by atoms with Gasteiger partial charge in [0.15, 0.2) is 10.8 Å². The molecule has 0 fully saturated rings. The molecule has 19 heavy (non-hydrogen) atoms. The van der Waals surface area contributed by atoms with Crippen molar-refractivity contribution in [3.05, 3.63) is 53.6 Å². The van der Waals surface area contributed by atoms with Crippen LogP contribution in [0.3, 0.4) is 0 Å². The number of hydrogen-bond donors (Lipinski definition) is 1. The number of aromatic hydroxyl groups is 1. The number of thiophene rings is 1. The Labute approximate surface area is 118 Å². The summed E-state index contributed by atoms with van der Waals surface area (Å²) in [6, 6.07) is 14.7. The van der Waals surface area contributed by atoms with Gasteiger partial charge in [-0.3, -0.25) is 0 Å². The number of rotatable bonds is 2. The standard InChI is InChI=1S/C14H9ClN2OS/c15-9-5-7-10(8-6-9)16-17-14-13(18)11-3-1-2-4-12(11)19-14/h1-8,18H. The van der Waals surface area contributed by atoms with Crippen molar-refractivity contribution in [1.29, 1.82) is 0 Å². The van der Waals surface area contributed by atoms with Crippen LogP contribution >= 0.6 is 22.9 Å². The second-order valence-electron chi connectivity index (χ2n) is 3.93. The molecule has 3 aromatic rings. The predicted molar refractivity (Wildman–Crippen MR) is 79.1 cm³/mol. The summed E-state index contributed by atoms with van der Waals surface area (Å²) in [5, 5.41) is 20.2. The third-order valence-corrected chi connectivity index (χ3v) is 3.93. The Morgan fingerprint density at radius 2 is 1.68 bits per heavy atom. The van der Waals surface area contributed by atoms with Crippen LogP contribution in [0.1, 0.15) is 0 Å². The van der Waals surface area contributed by atoms with Crippen molar-refractivity contribution in [3.63, 3.8) is 0 Å². The smallest absolute Gasteiger partial charge is 0.181 e. The molecule has 0 unspecified atom stereocenters. The molecule has 2 aromatic carbocycles. The van der Waals surface area contributed by atoms with Gasteiger partial charge in [-0.2, -0.15) is 0 Å². The average Bonchev–Trinajstić information content (AvgIpc) is 2.76. The summed E-state index contributed by atoms with van der Waals surface area (Å²) in [7, 11) is 0. The molecule has 5 heteroatoms. The summed E-state index contributed by atoms with van der Waals surface area (Å²) >= 11 is 7.21. The quantitative estimate of drug-likeness (QED) is 0.606. The first kappa shape index (κ1) is 12.1. The lowest BCUT2D eigenvalue weighted by Gasteiger charge is -1.92. The number of hydrogen-bond acceptors (Lipinski definition) is 4. The van der Waals surface area contributed by atoms with E-state index in [0.717, 1.165) is 10.1 Å². The Bertz CT molecular complexity index is 750. The van der Waals surface area contributed by atoms with E-state index in [1.165, 1.54) is 11.3 Å². The van der Waals surface area contributed by atoms with Crippen LogP contribution < -0.4 is 0 Å². The van der Waals surface area contributed by atoms with Gasteiger partial charge in [-0.25, -0.2) is 0 Å². The van der Waals surface area contributed by atoms with E-state index in [0.29, 0.717) is 15.7 Å². The summed E-state index contributed by atoms with van der Waals surface area (Å²) in [6.07, 6.45) is 0. The van der Waals surface area contributed by atoms with Crippen LogP contribution in [0.5, 0.6) is 5.75 Å². The monoisotopic (exact) mass is 288 g/mol. The average molecular weight is 289 g/mol. The van der Waals surface area contributed by atoms with Crippen molar-refractivity contribution in [3.8, 4) is 5.75 Å². The van der Waals surface area contributed by atoms with Gasteiger partial charge in [-0.05, 0) is 36.4 Å². The second-order valence-corrected chi connectivity index (χ2v) is 5.40. The van der Waals surface area contributed by atoms with E-state index in [2.05, 4.69) is 10.2 Å². The van der Waals surface area contributed by atoms with Crippen LogP contribution in [0.2, 0.25) is 5.02 Å². The lowest BCUT2D eigenvalue weighted by atomic mass is 10.2. The summed E-state index contributed by atoms with van der Waals surface area (Å²) < 4.78 is 0.991. The van der Waals surface area contributed by atoms with Gasteiger partial charge in [0.05, 0.1) is 5.69 Å². The fourth-order valence-electron chi connectivity index (χ4n) is 1.70. The molecule has 0 saturated heterocycles. The molecule has 0 aliphatic rings. The maximum absolute atomic E-state index is 10.0. The topological polar surface area (TPSA) is 45.0 Å². The highest BCUT2D eigenvalue weighted by molar-refractivity contribution is 7.23. The fraction of sp³-hybridized carbons (Fsp3) is 0. The highest BCUT2D eigenvalue weighted by Gasteiger charge is 2.09. The number of azo groups is 1. The van der Waals surface area contributed by atoms with Gasteiger partial charge in [-0.1, -0.05) is 23.7 Å². The zero-order valence-corrected chi connectivity index (χ0v) is 11.3. The second kappa shape index (κ2) is 4.99. The van der Waals surface area contributed by atoms with E-state index in [1.54, 1.807) is 24.3 Å². The first-order chi connectivity index (χ1) is 9.24. The van der Waals surface area contributed by atoms with E-state index in [4.69, 9.17) is 11.6 Å². The molecule has 94 valence electrons. The van der Waals surface area contributed by atoms with Gasteiger partial charge in [0, 0.05) is 15.1 Å². The fourth-order valence-corrected chi connectivity index (χ4v) is 2.74. The maximum atomic E-state index is 10.0. The zero-order chi connectivity index (χ0) is 13.2. The van der Waals surface area contributed by atoms with Crippen LogP contribution in [0.15, 0.2) is 58.8 Å². The van der Waals surface area contributed by atoms with Gasteiger partial charge in [0.2, 0.25) is 0 Å². The van der Waals surface area contributed by atoms with E-state index in [1.807, 2.05) is 24.3 Å². The minimum atomic E-state index is 0.179. The molecule has 0 bridgehead atoms. The first-order valence-electron chi connectivity index (χ1n) is 5.62. The minimum absolute atomic E-state index is 0.179. The number of halogens is 1. The van der Waals surface area contributed by atoms with E-state index in [-0.39, 0.29) is 5.75 Å². The van der Waals surface area contributed by atoms with Gasteiger partial charge >= 0.3 is 0 Å². The van der Waals surface area contributed by atoms with Crippen molar-refractivity contribution < 1.29 is 5.11 Å². The third kappa shape index (κ3) is 2.45. The number of nitrogens with zero attached hydrogens (tertiary/aromatic N) is 2. The van der Waals surface area contributed by atoms with Crippen LogP contribution in [-0.4, -0.2) is 5.11 Å². The summed E-state index contributed by atoms with van der Waals surface area (Å²) in [5.41, 5.74) is 0.696. The van der Waals surface area contributed by atoms with Crippen LogP contribution in [0.25, 0.3) is 10.1 Å². The van der Waals surface area contributed by atoms with Crippen LogP contribution in [0, 0.1) is 0 Å². The molecule has 0 aliphatic heterocycles. The van der Waals surface area contributed by atoms with Gasteiger partial charge in [0.1, 0.15) is 0 Å². The van der Waals surface area contributed by atoms with Crippen LogP contribution in [0.4, 0.5) is 10.7 Å². The van der Waals surface area contributed by atoms with Crippen molar-refractivity contribution in [2.75, 3.05) is 0 Å². The maximum Gasteiger partial charge on any atom is 0.181 e. The van der Waals surface area contributed by atoms with Crippen molar-refractivity contribution >= 4 is 43.7 Å². The van der Waals surface area contributed by atoms with E-state index in [9.17, 15) is 5.11 Å². The molecule has 0 atom stereocenters. The highest BCUT2D eigenvalue weighted by atomic mass is 35.5. The lowest BCUT2D eigenvalue weighted by Crippen LogP contribution is -1.64. The van der Waals surface area contributed by atoms with Gasteiger partial charge < -0.3 is 5.11 Å². The van der Waals surface area contributed by atoms with E-state index >= 15 is 0 Å². The van der Waals surface area contributed by atoms with Crippen molar-refractivity contribution in [1.82, 2.24) is 0 Å². The normalized spacial score (nSPS) is 11.4. The molecule has 1 aromatic heterocycles. The molecule has 0 aliphatic carbocycles. The Morgan fingerprint density at radius 1 is 0.947 bits per heavy atom. The highest BCUT2D eigenvalue weighted by Crippen LogP contribution is 2.43. The Hall–Kier alpha value is -1.91. The van der Waals surface area contributed by atoms with Crippen molar-refractivity contribution in [2.24, 2.45) is 10.2 Å². The van der Waals surface area contributed by atoms with Gasteiger partial charge in [-0.15, -0.1) is 21.6 Å². The van der Waals surface area contributed by atoms with Crippen molar-refractivity contribution in [2.45, 2.75) is 0 Å². The molecule has 3 rings (SSSR count). The third-order valence-electron chi connectivity index (χ3n) is 2.63. The minimum Gasteiger partial charge on any atom is -0.504 e. The molecule has 1 heterocycles. The lowest BCUT2D eigenvalue weighted by molar-refractivity contribution is 0.484. The molecular weight excluding hydrogens is 280 g/mol. The van der Waals surface area contributed by atoms with Gasteiger partial charge in [0.25, 0.3) is 0 Å². The Kier molecular flexibility index (Phi) is 3.19. The summed E-state index contributed by atoms with van der Waals surface area (Å²) in [6.45, 7) is 0. The molecule has 0 amide bonds. The van der Waals surface area contributed by atoms with Crippen LogP contribution in [-0.2, 0) is 0 Å². The largest absolute Gasteiger partial charge is 0.504 e. The number of fused-ring (bicyclic) bond motifs is 1. The SMILES string of the molecule is Oc1c(N=Nc2ccc(Cl)cc2)sc2ccccc12. The number of benzene rings is 2. The molecule has 0 radical (unpaired) electrons. The zero-order valence-electron chi connectivity index (χ0n) is 9.75. The molecule has 3 nitrogen and oxygen atoms in total. The Balaban J connectivity index is 1.97. The summed E-state index contributed by atoms with van der Waals surface area (Å²) in [4.78, 5) is 0. The van der Waals surface area contributed by atoms with E-state index < -0.39 is 0 Å². The first-order valence-corrected chi connectivity index (χ1v) is 6.81. The predicted octanol–water partition coefficient (Wildman–Crippen LogP) is 5.68. The molecular formula is C14H9ClN2OS. The molecule has 1 N–H and O–H groups in total. The molecule has 0 spiro atoms.